The van der Waals surface area contributed by atoms with Gasteiger partial charge < -0.3 is 14.6 Å². The zero-order valence-electron chi connectivity index (χ0n) is 9.32. The normalized spacial score (nSPS) is 9.82. The van der Waals surface area contributed by atoms with Crippen LogP contribution in [0.1, 0.15) is 15.9 Å². The Balaban J connectivity index is 3.10. The van der Waals surface area contributed by atoms with Crippen molar-refractivity contribution in [3.05, 3.63) is 28.3 Å². The standard InChI is InChI=1S/C11H11ClO5/c1-16-8(13)5-6-3-4-7(11(15)17-2)9(12)10(6)14/h3-4,14H,5H2,1-2H3. The predicted octanol–water partition coefficient (Wildman–Crippen LogP) is 1.55. The molecule has 5 nitrogen and oxygen atoms in total. The summed E-state index contributed by atoms with van der Waals surface area (Å²) in [4.78, 5) is 22.3. The van der Waals surface area contributed by atoms with Crippen molar-refractivity contribution in [2.75, 3.05) is 14.2 Å². The second-order valence-electron chi connectivity index (χ2n) is 3.18. The van der Waals surface area contributed by atoms with Gasteiger partial charge in [-0.2, -0.15) is 0 Å². The Bertz CT molecular complexity index is 455. The van der Waals surface area contributed by atoms with Crippen LogP contribution in [0.5, 0.6) is 5.75 Å². The van der Waals surface area contributed by atoms with E-state index in [1.807, 2.05) is 0 Å². The minimum Gasteiger partial charge on any atom is -0.506 e. The monoisotopic (exact) mass is 258 g/mol. The summed E-state index contributed by atoms with van der Waals surface area (Å²) >= 11 is 5.80. The quantitative estimate of drug-likeness (QED) is 0.833. The topological polar surface area (TPSA) is 72.8 Å². The number of benzene rings is 1. The van der Waals surface area contributed by atoms with E-state index < -0.39 is 11.9 Å². The molecule has 1 rings (SSSR count). The highest BCUT2D eigenvalue weighted by molar-refractivity contribution is 6.35. The van der Waals surface area contributed by atoms with Gasteiger partial charge in [0.15, 0.2) is 0 Å². The number of halogens is 1. The van der Waals surface area contributed by atoms with Crippen LogP contribution >= 0.6 is 11.6 Å². The first-order valence-electron chi connectivity index (χ1n) is 4.66. The van der Waals surface area contributed by atoms with Gasteiger partial charge in [0.05, 0.1) is 31.2 Å². The van der Waals surface area contributed by atoms with Crippen LogP contribution in [0.4, 0.5) is 0 Å². The second-order valence-corrected chi connectivity index (χ2v) is 3.56. The Morgan fingerprint density at radius 3 is 2.47 bits per heavy atom. The summed E-state index contributed by atoms with van der Waals surface area (Å²) in [5, 5.41) is 9.58. The van der Waals surface area contributed by atoms with Gasteiger partial charge in [-0.25, -0.2) is 4.79 Å². The maximum absolute atomic E-state index is 11.3. The lowest BCUT2D eigenvalue weighted by atomic mass is 10.1. The van der Waals surface area contributed by atoms with Gasteiger partial charge in [0.1, 0.15) is 5.75 Å². The largest absolute Gasteiger partial charge is 0.506 e. The molecule has 0 aliphatic carbocycles. The number of carbonyl (C=O) groups excluding carboxylic acids is 2. The molecule has 1 N–H and O–H groups in total. The molecular formula is C11H11ClO5. The molecule has 0 aliphatic rings. The fourth-order valence-electron chi connectivity index (χ4n) is 1.24. The molecule has 0 radical (unpaired) electrons. The van der Waals surface area contributed by atoms with Gasteiger partial charge in [0.25, 0.3) is 0 Å². The summed E-state index contributed by atoms with van der Waals surface area (Å²) in [6.07, 6.45) is -0.122. The molecule has 1 aromatic rings. The molecule has 0 heterocycles. The number of ether oxygens (including phenoxy) is 2. The molecule has 0 amide bonds. The van der Waals surface area contributed by atoms with Crippen molar-refractivity contribution in [3.63, 3.8) is 0 Å². The molecule has 0 atom stereocenters. The first kappa shape index (κ1) is 13.3. The van der Waals surface area contributed by atoms with Crippen molar-refractivity contribution in [3.8, 4) is 5.75 Å². The van der Waals surface area contributed by atoms with E-state index in [2.05, 4.69) is 9.47 Å². The molecular weight excluding hydrogens is 248 g/mol. The molecule has 0 unspecified atom stereocenters. The van der Waals surface area contributed by atoms with E-state index in [1.165, 1.54) is 26.4 Å². The number of rotatable bonds is 3. The lowest BCUT2D eigenvalue weighted by Crippen LogP contribution is -2.07. The third-order valence-corrected chi connectivity index (χ3v) is 2.55. The van der Waals surface area contributed by atoms with Crippen molar-refractivity contribution in [1.82, 2.24) is 0 Å². The maximum Gasteiger partial charge on any atom is 0.339 e. The first-order chi connectivity index (χ1) is 8.01. The summed E-state index contributed by atoms with van der Waals surface area (Å²) in [6, 6.07) is 2.80. The van der Waals surface area contributed by atoms with Crippen LogP contribution in [0.15, 0.2) is 12.1 Å². The Labute approximate surface area is 103 Å². The third kappa shape index (κ3) is 2.88. The Kier molecular flexibility index (Phi) is 4.34. The van der Waals surface area contributed by atoms with Gasteiger partial charge in [0.2, 0.25) is 0 Å². The first-order valence-corrected chi connectivity index (χ1v) is 5.04. The zero-order chi connectivity index (χ0) is 13.0. The van der Waals surface area contributed by atoms with Gasteiger partial charge in [0, 0.05) is 5.56 Å². The van der Waals surface area contributed by atoms with E-state index in [0.717, 1.165) is 0 Å². The molecule has 6 heteroatoms. The number of phenols is 1. The van der Waals surface area contributed by atoms with Crippen molar-refractivity contribution < 1.29 is 24.2 Å². The highest BCUT2D eigenvalue weighted by atomic mass is 35.5. The maximum atomic E-state index is 11.3. The van der Waals surface area contributed by atoms with Crippen LogP contribution in [0.2, 0.25) is 5.02 Å². The Morgan fingerprint density at radius 1 is 1.29 bits per heavy atom. The average Bonchev–Trinajstić information content (AvgIpc) is 2.34. The van der Waals surface area contributed by atoms with Crippen molar-refractivity contribution in [1.29, 1.82) is 0 Å². The number of esters is 2. The minimum absolute atomic E-state index is 0.0419. The van der Waals surface area contributed by atoms with Gasteiger partial charge >= 0.3 is 11.9 Å². The molecule has 1 aromatic carbocycles. The van der Waals surface area contributed by atoms with E-state index in [9.17, 15) is 14.7 Å². The lowest BCUT2D eigenvalue weighted by molar-refractivity contribution is -0.139. The van der Waals surface area contributed by atoms with Crippen LogP contribution in [-0.4, -0.2) is 31.3 Å². The van der Waals surface area contributed by atoms with Gasteiger partial charge in [-0.3, -0.25) is 4.79 Å². The SMILES string of the molecule is COC(=O)Cc1ccc(C(=O)OC)c(Cl)c1O. The summed E-state index contributed by atoms with van der Waals surface area (Å²) in [6.45, 7) is 0. The number of aromatic hydroxyl groups is 1. The van der Waals surface area contributed by atoms with Gasteiger partial charge in [-0.15, -0.1) is 0 Å². The van der Waals surface area contributed by atoms with Gasteiger partial charge in [-0.05, 0) is 6.07 Å². The predicted molar refractivity (Wildman–Crippen MR) is 60.2 cm³/mol. The summed E-state index contributed by atoms with van der Waals surface area (Å²) in [5.41, 5.74) is 0.329. The highest BCUT2D eigenvalue weighted by Crippen LogP contribution is 2.31. The fourth-order valence-corrected chi connectivity index (χ4v) is 1.50. The molecule has 92 valence electrons. The molecule has 0 aromatic heterocycles. The van der Waals surface area contributed by atoms with E-state index in [4.69, 9.17) is 11.6 Å². The molecule has 0 saturated heterocycles. The molecule has 0 spiro atoms. The molecule has 0 fully saturated rings. The molecule has 17 heavy (non-hydrogen) atoms. The lowest BCUT2D eigenvalue weighted by Gasteiger charge is -2.08. The summed E-state index contributed by atoms with van der Waals surface area (Å²) < 4.78 is 8.95. The van der Waals surface area contributed by atoms with Crippen LogP contribution in [0.25, 0.3) is 0 Å². The Hall–Kier alpha value is -1.75. The molecule has 0 saturated carbocycles. The minimum atomic E-state index is -0.657. The fraction of sp³-hybridized carbons (Fsp3) is 0.273. The van der Waals surface area contributed by atoms with Crippen molar-refractivity contribution in [2.24, 2.45) is 0 Å². The highest BCUT2D eigenvalue weighted by Gasteiger charge is 2.18. The third-order valence-electron chi connectivity index (χ3n) is 2.17. The number of hydrogen-bond donors (Lipinski definition) is 1. The van der Waals surface area contributed by atoms with Crippen LogP contribution in [0.3, 0.4) is 0 Å². The van der Waals surface area contributed by atoms with Crippen LogP contribution in [-0.2, 0) is 20.7 Å². The number of carbonyl (C=O) groups is 2. The van der Waals surface area contributed by atoms with Crippen LogP contribution < -0.4 is 0 Å². The van der Waals surface area contributed by atoms with E-state index >= 15 is 0 Å². The van der Waals surface area contributed by atoms with Crippen molar-refractivity contribution >= 4 is 23.5 Å². The van der Waals surface area contributed by atoms with Crippen molar-refractivity contribution in [2.45, 2.75) is 6.42 Å². The van der Waals surface area contributed by atoms with E-state index in [1.54, 1.807) is 0 Å². The summed E-state index contributed by atoms with van der Waals surface area (Å²) in [7, 11) is 2.45. The van der Waals surface area contributed by atoms with E-state index in [-0.39, 0.29) is 28.3 Å². The molecule has 0 aliphatic heterocycles. The average molecular weight is 259 g/mol. The van der Waals surface area contributed by atoms with Gasteiger partial charge in [-0.1, -0.05) is 17.7 Å². The molecule has 0 bridgehead atoms. The second kappa shape index (κ2) is 5.54. The summed E-state index contributed by atoms with van der Waals surface area (Å²) in [5.74, 6) is -1.49. The number of hydrogen-bond acceptors (Lipinski definition) is 5. The zero-order valence-corrected chi connectivity index (χ0v) is 10.1. The Morgan fingerprint density at radius 2 is 1.94 bits per heavy atom. The van der Waals surface area contributed by atoms with Crippen LogP contribution in [0, 0.1) is 0 Å². The van der Waals surface area contributed by atoms with E-state index in [0.29, 0.717) is 0 Å². The smallest absolute Gasteiger partial charge is 0.339 e. The number of phenolic OH excluding ortho intramolecular Hbond substituents is 1. The number of methoxy groups -OCH3 is 2.